The summed E-state index contributed by atoms with van der Waals surface area (Å²) in [5, 5.41) is 58.2. The lowest BCUT2D eigenvalue weighted by Crippen LogP contribution is -2.82. The standard InChI is InChI=1S/C34H28O10/c35-21-26(36)32(42,28(38)23-15-7-2-8-16-23)34(44,30(40)25-19-11-4-12-20-25)33(43,29(39)24-17-9-3-10-18-24)31(41)27(37)22-13-5-1-6-14-22/h1-20,26,35-36,42-44H,21H2. The van der Waals surface area contributed by atoms with Crippen LogP contribution in [0.1, 0.15) is 41.4 Å². The summed E-state index contributed by atoms with van der Waals surface area (Å²) in [6, 6.07) is 25.5. The fraction of sp³-hybridized carbons (Fsp3) is 0.147. The first-order valence-corrected chi connectivity index (χ1v) is 13.4. The van der Waals surface area contributed by atoms with Crippen LogP contribution in [0, 0.1) is 0 Å². The van der Waals surface area contributed by atoms with Gasteiger partial charge in [0.15, 0.2) is 5.60 Å². The number of Topliss-reactive ketones (excluding diaryl/α,β-unsaturated/α-hetero) is 5. The summed E-state index contributed by atoms with van der Waals surface area (Å²) in [5.74, 6) is -8.83. The third-order valence-corrected chi connectivity index (χ3v) is 7.41. The van der Waals surface area contributed by atoms with Crippen molar-refractivity contribution in [1.29, 1.82) is 0 Å². The lowest BCUT2D eigenvalue weighted by molar-refractivity contribution is -0.212. The fourth-order valence-corrected chi connectivity index (χ4v) is 5.03. The van der Waals surface area contributed by atoms with Gasteiger partial charge in [0.05, 0.1) is 6.61 Å². The predicted octanol–water partition coefficient (Wildman–Crippen LogP) is 1.63. The molecule has 44 heavy (non-hydrogen) atoms. The van der Waals surface area contributed by atoms with Crippen molar-refractivity contribution in [2.75, 3.05) is 6.61 Å². The Morgan fingerprint density at radius 3 is 1.25 bits per heavy atom. The van der Waals surface area contributed by atoms with E-state index >= 15 is 0 Å². The summed E-state index contributed by atoms with van der Waals surface area (Å²) in [6.07, 6.45) is -2.79. The number of benzene rings is 4. The monoisotopic (exact) mass is 596 g/mol. The number of aliphatic hydroxyl groups excluding tert-OH is 2. The second kappa shape index (κ2) is 12.7. The molecule has 0 bridgehead atoms. The van der Waals surface area contributed by atoms with Gasteiger partial charge in [-0.25, -0.2) is 0 Å². The van der Waals surface area contributed by atoms with Gasteiger partial charge >= 0.3 is 0 Å². The zero-order valence-electron chi connectivity index (χ0n) is 23.1. The van der Waals surface area contributed by atoms with Gasteiger partial charge in [-0.05, 0) is 0 Å². The van der Waals surface area contributed by atoms with Gasteiger partial charge in [-0.2, -0.15) is 0 Å². The Bertz CT molecular complexity index is 1670. The highest BCUT2D eigenvalue weighted by atomic mass is 16.4. The predicted molar refractivity (Wildman–Crippen MR) is 156 cm³/mol. The van der Waals surface area contributed by atoms with E-state index in [1.807, 2.05) is 0 Å². The van der Waals surface area contributed by atoms with Crippen molar-refractivity contribution in [3.63, 3.8) is 0 Å². The summed E-state index contributed by atoms with van der Waals surface area (Å²) < 4.78 is 0. The summed E-state index contributed by atoms with van der Waals surface area (Å²) in [4.78, 5) is 70.4. The molecule has 0 radical (unpaired) electrons. The molecule has 4 unspecified atom stereocenters. The number of ketones is 5. The molecule has 4 aromatic carbocycles. The van der Waals surface area contributed by atoms with Crippen LogP contribution in [0.4, 0.5) is 0 Å². The molecule has 0 aromatic heterocycles. The van der Waals surface area contributed by atoms with E-state index < -0.39 is 75.1 Å². The van der Waals surface area contributed by atoms with E-state index in [2.05, 4.69) is 0 Å². The highest BCUT2D eigenvalue weighted by Crippen LogP contribution is 2.43. The quantitative estimate of drug-likeness (QED) is 0.0863. The topological polar surface area (TPSA) is 186 Å². The Morgan fingerprint density at radius 2 is 0.864 bits per heavy atom. The maximum absolute atomic E-state index is 14.4. The lowest BCUT2D eigenvalue weighted by Gasteiger charge is -2.49. The maximum Gasteiger partial charge on any atom is 0.246 e. The molecule has 0 fully saturated rings. The fourth-order valence-electron chi connectivity index (χ4n) is 5.03. The average Bonchev–Trinajstić information content (AvgIpc) is 3.09. The van der Waals surface area contributed by atoms with Crippen LogP contribution in [0.5, 0.6) is 0 Å². The smallest absolute Gasteiger partial charge is 0.246 e. The van der Waals surface area contributed by atoms with Crippen LogP contribution in [0.3, 0.4) is 0 Å². The third kappa shape index (κ3) is 5.11. The molecule has 0 aliphatic carbocycles. The van der Waals surface area contributed by atoms with Gasteiger partial charge in [-0.15, -0.1) is 0 Å². The van der Waals surface area contributed by atoms with Crippen molar-refractivity contribution < 1.29 is 49.5 Å². The van der Waals surface area contributed by atoms with Gasteiger partial charge in [0.25, 0.3) is 0 Å². The van der Waals surface area contributed by atoms with Crippen LogP contribution in [0.15, 0.2) is 121 Å². The van der Waals surface area contributed by atoms with Crippen LogP contribution < -0.4 is 0 Å². The second-order valence-electron chi connectivity index (χ2n) is 10.00. The molecule has 4 aromatic rings. The molecule has 4 atom stereocenters. The molecule has 0 heterocycles. The Kier molecular flexibility index (Phi) is 9.24. The summed E-state index contributed by atoms with van der Waals surface area (Å²) in [5.41, 5.74) is -14.4. The third-order valence-electron chi connectivity index (χ3n) is 7.41. The Balaban J connectivity index is 2.15. The van der Waals surface area contributed by atoms with Crippen molar-refractivity contribution in [3.05, 3.63) is 144 Å². The van der Waals surface area contributed by atoms with Crippen molar-refractivity contribution in [1.82, 2.24) is 0 Å². The number of carbonyl (C=O) groups is 5. The van der Waals surface area contributed by atoms with Crippen molar-refractivity contribution in [2.45, 2.75) is 22.9 Å². The van der Waals surface area contributed by atoms with Gasteiger partial charge in [-0.1, -0.05) is 121 Å². The largest absolute Gasteiger partial charge is 0.394 e. The molecule has 0 amide bonds. The Morgan fingerprint density at radius 1 is 0.523 bits per heavy atom. The highest BCUT2D eigenvalue weighted by molar-refractivity contribution is 6.52. The van der Waals surface area contributed by atoms with Gasteiger partial charge in [0.2, 0.25) is 40.1 Å². The molecule has 10 nitrogen and oxygen atoms in total. The first-order valence-electron chi connectivity index (χ1n) is 13.4. The minimum absolute atomic E-state index is 0.369. The molecule has 0 aliphatic rings. The molecule has 224 valence electrons. The molecule has 0 spiro atoms. The molecule has 10 heteroatoms. The molecular weight excluding hydrogens is 568 g/mol. The normalized spacial score (nSPS) is 15.9. The average molecular weight is 597 g/mol. The number of hydrogen-bond acceptors (Lipinski definition) is 10. The Labute approximate surface area is 251 Å². The zero-order chi connectivity index (χ0) is 32.1. The molecule has 0 saturated carbocycles. The van der Waals surface area contributed by atoms with E-state index in [1.54, 1.807) is 0 Å². The first kappa shape index (κ1) is 32.0. The van der Waals surface area contributed by atoms with Crippen molar-refractivity contribution >= 4 is 28.9 Å². The Hall–Kier alpha value is -4.97. The number of rotatable bonds is 13. The van der Waals surface area contributed by atoms with Crippen LogP contribution in [-0.2, 0) is 4.79 Å². The van der Waals surface area contributed by atoms with E-state index in [0.29, 0.717) is 0 Å². The van der Waals surface area contributed by atoms with Crippen LogP contribution >= 0.6 is 0 Å². The minimum Gasteiger partial charge on any atom is -0.394 e. The van der Waals surface area contributed by atoms with Crippen LogP contribution in [0.25, 0.3) is 0 Å². The van der Waals surface area contributed by atoms with Crippen LogP contribution in [0.2, 0.25) is 0 Å². The molecule has 0 saturated heterocycles. The summed E-state index contributed by atoms with van der Waals surface area (Å²) in [7, 11) is 0. The molecule has 5 N–H and O–H groups in total. The van der Waals surface area contributed by atoms with E-state index in [1.165, 1.54) is 72.8 Å². The SMILES string of the molecule is O=C(C(=O)C(O)(C(=O)c1ccccc1)C(O)(C(=O)c1ccccc1)C(O)(C(=O)c1ccccc1)C(O)CO)c1ccccc1. The van der Waals surface area contributed by atoms with Gasteiger partial charge in [0.1, 0.15) is 6.10 Å². The van der Waals surface area contributed by atoms with Gasteiger partial charge < -0.3 is 25.5 Å². The van der Waals surface area contributed by atoms with Crippen molar-refractivity contribution in [3.8, 4) is 0 Å². The molecule has 4 rings (SSSR count). The van der Waals surface area contributed by atoms with E-state index in [9.17, 15) is 49.5 Å². The number of hydrogen-bond donors (Lipinski definition) is 5. The lowest BCUT2D eigenvalue weighted by atomic mass is 9.58. The van der Waals surface area contributed by atoms with E-state index in [0.717, 1.165) is 48.5 Å². The van der Waals surface area contributed by atoms with E-state index in [4.69, 9.17) is 0 Å². The van der Waals surface area contributed by atoms with E-state index in [-0.39, 0.29) is 5.56 Å². The first-order chi connectivity index (χ1) is 21.0. The minimum atomic E-state index is -4.33. The highest BCUT2D eigenvalue weighted by Gasteiger charge is 2.77. The number of aliphatic hydroxyl groups is 5. The zero-order valence-corrected chi connectivity index (χ0v) is 23.1. The molecular formula is C34H28O10. The van der Waals surface area contributed by atoms with Crippen LogP contribution in [-0.4, -0.2) is 84.0 Å². The van der Waals surface area contributed by atoms with Gasteiger partial charge in [0, 0.05) is 22.3 Å². The van der Waals surface area contributed by atoms with Gasteiger partial charge in [-0.3, -0.25) is 24.0 Å². The summed E-state index contributed by atoms with van der Waals surface area (Å²) in [6.45, 7) is -1.50. The van der Waals surface area contributed by atoms with Crippen molar-refractivity contribution in [2.24, 2.45) is 0 Å². The second-order valence-corrected chi connectivity index (χ2v) is 10.00. The maximum atomic E-state index is 14.4. The summed E-state index contributed by atoms with van der Waals surface area (Å²) >= 11 is 0. The molecule has 0 aliphatic heterocycles. The number of carbonyl (C=O) groups excluding carboxylic acids is 5.